The van der Waals surface area contributed by atoms with Crippen molar-refractivity contribution in [3.63, 3.8) is 0 Å². The van der Waals surface area contributed by atoms with Gasteiger partial charge in [0.1, 0.15) is 11.6 Å². The van der Waals surface area contributed by atoms with Crippen molar-refractivity contribution in [3.8, 4) is 0 Å². The van der Waals surface area contributed by atoms with Gasteiger partial charge in [-0.2, -0.15) is 0 Å². The van der Waals surface area contributed by atoms with Gasteiger partial charge in [-0.1, -0.05) is 17.7 Å². The Labute approximate surface area is 113 Å². The zero-order chi connectivity index (χ0) is 14.0. The molecule has 98 valence electrons. The predicted molar refractivity (Wildman–Crippen MR) is 70.3 cm³/mol. The van der Waals surface area contributed by atoms with E-state index in [4.69, 9.17) is 17.3 Å². The van der Waals surface area contributed by atoms with E-state index in [2.05, 4.69) is 0 Å². The molecule has 0 aromatic heterocycles. The van der Waals surface area contributed by atoms with Gasteiger partial charge in [-0.05, 0) is 35.9 Å². The van der Waals surface area contributed by atoms with Crippen molar-refractivity contribution in [3.05, 3.63) is 64.2 Å². The van der Waals surface area contributed by atoms with Crippen LogP contribution in [0.25, 0.3) is 0 Å². The molecule has 2 aromatic rings. The van der Waals surface area contributed by atoms with Crippen LogP contribution < -0.4 is 5.73 Å². The third-order valence-electron chi connectivity index (χ3n) is 2.69. The molecule has 0 aliphatic carbocycles. The summed E-state index contributed by atoms with van der Waals surface area (Å²) in [6.07, 6.45) is -0.0253. The number of benzene rings is 2. The van der Waals surface area contributed by atoms with Crippen LogP contribution in [0.3, 0.4) is 0 Å². The average Bonchev–Trinajstić information content (AvgIpc) is 2.36. The van der Waals surface area contributed by atoms with Gasteiger partial charge in [-0.25, -0.2) is 8.78 Å². The molecule has 0 bridgehead atoms. The molecule has 0 unspecified atom stereocenters. The smallest absolute Gasteiger partial charge is 0.167 e. The number of Topliss-reactive ketones (excluding diaryl/α,β-unsaturated/α-hetero) is 1. The van der Waals surface area contributed by atoms with E-state index in [0.717, 1.165) is 12.1 Å². The summed E-state index contributed by atoms with van der Waals surface area (Å²) in [5.74, 6) is -1.43. The van der Waals surface area contributed by atoms with Gasteiger partial charge in [0.05, 0.1) is 5.69 Å². The Balaban J connectivity index is 2.23. The van der Waals surface area contributed by atoms with Crippen molar-refractivity contribution < 1.29 is 13.6 Å². The minimum Gasteiger partial charge on any atom is -0.396 e. The van der Waals surface area contributed by atoms with Gasteiger partial charge in [-0.15, -0.1) is 0 Å². The van der Waals surface area contributed by atoms with Crippen LogP contribution in [0.4, 0.5) is 14.5 Å². The maximum Gasteiger partial charge on any atom is 0.167 e. The molecule has 0 saturated carbocycles. The molecule has 2 N–H and O–H groups in total. The van der Waals surface area contributed by atoms with Crippen molar-refractivity contribution >= 4 is 23.1 Å². The van der Waals surface area contributed by atoms with Crippen LogP contribution in [-0.4, -0.2) is 5.78 Å². The van der Waals surface area contributed by atoms with Gasteiger partial charge in [0.15, 0.2) is 5.78 Å². The molecule has 5 heteroatoms. The highest BCUT2D eigenvalue weighted by atomic mass is 35.5. The Morgan fingerprint density at radius 3 is 2.53 bits per heavy atom. The maximum absolute atomic E-state index is 13.3. The summed E-state index contributed by atoms with van der Waals surface area (Å²) in [4.78, 5) is 12.0. The Morgan fingerprint density at radius 2 is 1.89 bits per heavy atom. The lowest BCUT2D eigenvalue weighted by Crippen LogP contribution is -2.05. The first-order valence-corrected chi connectivity index (χ1v) is 5.87. The minimum absolute atomic E-state index is 0.0173. The van der Waals surface area contributed by atoms with Crippen LogP contribution in [-0.2, 0) is 6.42 Å². The van der Waals surface area contributed by atoms with E-state index in [0.29, 0.717) is 5.56 Å². The molecule has 0 fully saturated rings. The number of hydrogen-bond acceptors (Lipinski definition) is 2. The van der Waals surface area contributed by atoms with E-state index in [-0.39, 0.29) is 28.5 Å². The lowest BCUT2D eigenvalue weighted by atomic mass is 10.0. The average molecular weight is 282 g/mol. The second-order valence-corrected chi connectivity index (χ2v) is 4.48. The third-order valence-corrected chi connectivity index (χ3v) is 3.04. The van der Waals surface area contributed by atoms with Gasteiger partial charge in [0, 0.05) is 17.0 Å². The fourth-order valence-corrected chi connectivity index (χ4v) is 1.87. The zero-order valence-electron chi connectivity index (χ0n) is 9.79. The topological polar surface area (TPSA) is 43.1 Å². The molecule has 2 aromatic carbocycles. The van der Waals surface area contributed by atoms with Gasteiger partial charge >= 0.3 is 0 Å². The molecule has 0 amide bonds. The van der Waals surface area contributed by atoms with Crippen LogP contribution in [0, 0.1) is 11.6 Å². The van der Waals surface area contributed by atoms with E-state index in [1.54, 1.807) is 0 Å². The van der Waals surface area contributed by atoms with Crippen LogP contribution in [0.1, 0.15) is 15.9 Å². The van der Waals surface area contributed by atoms with Gasteiger partial charge in [-0.3, -0.25) is 4.79 Å². The van der Waals surface area contributed by atoms with Crippen molar-refractivity contribution in [2.24, 2.45) is 0 Å². The van der Waals surface area contributed by atoms with Gasteiger partial charge < -0.3 is 5.73 Å². The molecule has 0 aliphatic heterocycles. The number of halogens is 3. The SMILES string of the molecule is Nc1ccc(C(=O)Cc2ccc(F)cc2Cl)cc1F. The van der Waals surface area contributed by atoms with Crippen molar-refractivity contribution in [2.75, 3.05) is 5.73 Å². The van der Waals surface area contributed by atoms with E-state index in [1.165, 1.54) is 24.3 Å². The van der Waals surface area contributed by atoms with Gasteiger partial charge in [0.25, 0.3) is 0 Å². The number of rotatable bonds is 3. The lowest BCUT2D eigenvalue weighted by Gasteiger charge is -2.05. The van der Waals surface area contributed by atoms with Crippen molar-refractivity contribution in [1.82, 2.24) is 0 Å². The molecule has 0 aliphatic rings. The summed E-state index contributed by atoms with van der Waals surface area (Å²) in [7, 11) is 0. The molecule has 19 heavy (non-hydrogen) atoms. The summed E-state index contributed by atoms with van der Waals surface area (Å²) >= 11 is 5.83. The second-order valence-electron chi connectivity index (χ2n) is 4.07. The van der Waals surface area contributed by atoms with Crippen LogP contribution in [0.2, 0.25) is 5.02 Å². The first-order chi connectivity index (χ1) is 8.97. The van der Waals surface area contributed by atoms with Crippen LogP contribution >= 0.6 is 11.6 Å². The Kier molecular flexibility index (Phi) is 3.81. The molecule has 0 saturated heterocycles. The number of carbonyl (C=O) groups is 1. The normalized spacial score (nSPS) is 10.5. The fourth-order valence-electron chi connectivity index (χ4n) is 1.64. The summed E-state index contributed by atoms with van der Waals surface area (Å²) in [6.45, 7) is 0. The number of carbonyl (C=O) groups excluding carboxylic acids is 1. The first kappa shape index (κ1) is 13.5. The molecular weight excluding hydrogens is 272 g/mol. The highest BCUT2D eigenvalue weighted by Gasteiger charge is 2.12. The van der Waals surface area contributed by atoms with Crippen molar-refractivity contribution in [2.45, 2.75) is 6.42 Å². The summed E-state index contributed by atoms with van der Waals surface area (Å²) in [5, 5.41) is 0.171. The number of hydrogen-bond donors (Lipinski definition) is 1. The van der Waals surface area contributed by atoms with E-state index in [1.807, 2.05) is 0 Å². The Hall–Kier alpha value is -1.94. The number of ketones is 1. The van der Waals surface area contributed by atoms with Crippen molar-refractivity contribution in [1.29, 1.82) is 0 Å². The minimum atomic E-state index is -0.643. The number of anilines is 1. The number of nitrogens with two attached hydrogens (primary N) is 1. The molecule has 0 spiro atoms. The van der Waals surface area contributed by atoms with Crippen LogP contribution in [0.15, 0.2) is 36.4 Å². The van der Waals surface area contributed by atoms with Gasteiger partial charge in [0.2, 0.25) is 0 Å². The molecule has 0 heterocycles. The molecule has 2 rings (SSSR count). The molecule has 0 atom stereocenters. The lowest BCUT2D eigenvalue weighted by molar-refractivity contribution is 0.0992. The summed E-state index contributed by atoms with van der Waals surface area (Å²) < 4.78 is 26.1. The summed E-state index contributed by atoms with van der Waals surface area (Å²) in [5.41, 5.74) is 6.01. The molecule has 2 nitrogen and oxygen atoms in total. The number of nitrogen functional groups attached to an aromatic ring is 1. The van der Waals surface area contributed by atoms with E-state index < -0.39 is 11.6 Å². The largest absolute Gasteiger partial charge is 0.396 e. The maximum atomic E-state index is 13.3. The standard InChI is InChI=1S/C14H10ClF2NO/c15-11-7-10(16)3-1-8(11)6-14(19)9-2-4-13(18)12(17)5-9/h1-5,7H,6,18H2. The molecule has 0 radical (unpaired) electrons. The van der Waals surface area contributed by atoms with Crippen LogP contribution in [0.5, 0.6) is 0 Å². The summed E-state index contributed by atoms with van der Waals surface area (Å²) in [6, 6.07) is 7.64. The third kappa shape index (κ3) is 3.09. The zero-order valence-corrected chi connectivity index (χ0v) is 10.5. The Morgan fingerprint density at radius 1 is 1.16 bits per heavy atom. The fraction of sp³-hybridized carbons (Fsp3) is 0.0714. The first-order valence-electron chi connectivity index (χ1n) is 5.49. The predicted octanol–water partition coefficient (Wildman–Crippen LogP) is 3.63. The highest BCUT2D eigenvalue weighted by molar-refractivity contribution is 6.31. The quantitative estimate of drug-likeness (QED) is 0.690. The highest BCUT2D eigenvalue weighted by Crippen LogP contribution is 2.20. The van der Waals surface area contributed by atoms with E-state index >= 15 is 0 Å². The second kappa shape index (κ2) is 5.36. The molecular formula is C14H10ClF2NO. The van der Waals surface area contributed by atoms with E-state index in [9.17, 15) is 13.6 Å². The Bertz CT molecular complexity index is 643. The monoisotopic (exact) mass is 281 g/mol.